The number of aromatic carboxylic acids is 1. The van der Waals surface area contributed by atoms with Crippen molar-refractivity contribution in [3.8, 4) is 0 Å². The van der Waals surface area contributed by atoms with Crippen LogP contribution in [-0.2, 0) is 11.3 Å². The van der Waals surface area contributed by atoms with Gasteiger partial charge >= 0.3 is 5.97 Å². The first-order chi connectivity index (χ1) is 9.97. The van der Waals surface area contributed by atoms with Crippen LogP contribution in [0.2, 0.25) is 0 Å². The number of hydrogen-bond acceptors (Lipinski definition) is 2. The smallest absolute Gasteiger partial charge is 0.352 e. The zero-order chi connectivity index (χ0) is 15.4. The molecule has 1 aromatic carbocycles. The molecule has 2 N–H and O–H groups in total. The second-order valence-electron chi connectivity index (χ2n) is 5.15. The van der Waals surface area contributed by atoms with Crippen LogP contribution < -0.4 is 5.32 Å². The Labute approximate surface area is 123 Å². The number of nitrogens with one attached hydrogen (secondary N) is 1. The summed E-state index contributed by atoms with van der Waals surface area (Å²) in [6.45, 7) is 4.18. The van der Waals surface area contributed by atoms with E-state index in [1.54, 1.807) is 12.3 Å². The van der Waals surface area contributed by atoms with Gasteiger partial charge in [0.2, 0.25) is 5.91 Å². The molecule has 0 saturated heterocycles. The van der Waals surface area contributed by atoms with E-state index in [4.69, 9.17) is 5.11 Å². The molecule has 2 aromatic rings. The quantitative estimate of drug-likeness (QED) is 0.887. The molecule has 0 saturated carbocycles. The van der Waals surface area contributed by atoms with E-state index in [9.17, 15) is 9.59 Å². The predicted molar refractivity (Wildman–Crippen MR) is 80.6 cm³/mol. The molecule has 0 fully saturated rings. The molecule has 0 aliphatic carbocycles. The first-order valence-electron chi connectivity index (χ1n) is 6.75. The molecule has 1 aromatic heterocycles. The Morgan fingerprint density at radius 3 is 2.43 bits per heavy atom. The zero-order valence-electron chi connectivity index (χ0n) is 12.0. The van der Waals surface area contributed by atoms with Crippen molar-refractivity contribution in [2.75, 3.05) is 5.32 Å². The number of carbonyl (C=O) groups is 2. The third-order valence-electron chi connectivity index (χ3n) is 3.22. The summed E-state index contributed by atoms with van der Waals surface area (Å²) >= 11 is 0. The van der Waals surface area contributed by atoms with Crippen LogP contribution in [-0.4, -0.2) is 21.6 Å². The van der Waals surface area contributed by atoms with Gasteiger partial charge < -0.3 is 15.0 Å². The van der Waals surface area contributed by atoms with Gasteiger partial charge in [-0.05, 0) is 35.7 Å². The minimum Gasteiger partial charge on any atom is -0.477 e. The van der Waals surface area contributed by atoms with Crippen LogP contribution in [0.4, 0.5) is 5.69 Å². The molecule has 1 heterocycles. The Bertz CT molecular complexity index is 642. The number of rotatable bonds is 5. The molecule has 0 bridgehead atoms. The molecular weight excluding hydrogens is 268 g/mol. The number of hydrogen-bond donors (Lipinski definition) is 2. The van der Waals surface area contributed by atoms with Crippen molar-refractivity contribution in [1.29, 1.82) is 0 Å². The highest BCUT2D eigenvalue weighted by Crippen LogP contribution is 2.17. The second-order valence-corrected chi connectivity index (χ2v) is 5.15. The number of nitrogens with zero attached hydrogens (tertiary/aromatic N) is 1. The average molecular weight is 286 g/mol. The molecule has 0 atom stereocenters. The molecule has 110 valence electrons. The van der Waals surface area contributed by atoms with E-state index < -0.39 is 5.97 Å². The number of carboxylic acids is 1. The summed E-state index contributed by atoms with van der Waals surface area (Å²) in [6, 6.07) is 10.7. The van der Waals surface area contributed by atoms with Gasteiger partial charge in [-0.1, -0.05) is 26.0 Å². The average Bonchev–Trinajstić information content (AvgIpc) is 2.87. The molecule has 1 amide bonds. The topological polar surface area (TPSA) is 71.3 Å². The lowest BCUT2D eigenvalue weighted by molar-refractivity contribution is -0.116. The maximum atomic E-state index is 11.9. The Morgan fingerprint density at radius 2 is 1.86 bits per heavy atom. The highest BCUT2D eigenvalue weighted by atomic mass is 16.4. The van der Waals surface area contributed by atoms with Crippen molar-refractivity contribution in [1.82, 2.24) is 4.57 Å². The Morgan fingerprint density at radius 1 is 1.19 bits per heavy atom. The molecule has 5 heteroatoms. The number of anilines is 1. The third kappa shape index (κ3) is 3.72. The summed E-state index contributed by atoms with van der Waals surface area (Å²) in [5, 5.41) is 11.7. The number of amides is 1. The lowest BCUT2D eigenvalue weighted by Gasteiger charge is -2.10. The van der Waals surface area contributed by atoms with E-state index >= 15 is 0 Å². The van der Waals surface area contributed by atoms with Crippen molar-refractivity contribution in [3.63, 3.8) is 0 Å². The Kier molecular flexibility index (Phi) is 4.42. The summed E-state index contributed by atoms with van der Waals surface area (Å²) < 4.78 is 1.40. The van der Waals surface area contributed by atoms with Crippen LogP contribution in [0.5, 0.6) is 0 Å². The number of benzene rings is 1. The van der Waals surface area contributed by atoms with Gasteiger partial charge in [0.1, 0.15) is 12.2 Å². The second kappa shape index (κ2) is 6.26. The summed E-state index contributed by atoms with van der Waals surface area (Å²) in [4.78, 5) is 22.9. The van der Waals surface area contributed by atoms with Crippen LogP contribution in [0, 0.1) is 0 Å². The van der Waals surface area contributed by atoms with Gasteiger partial charge in [0.15, 0.2) is 0 Å². The highest BCUT2D eigenvalue weighted by molar-refractivity contribution is 5.92. The maximum absolute atomic E-state index is 11.9. The number of carboxylic acid groups (broad SMARTS) is 1. The van der Waals surface area contributed by atoms with Gasteiger partial charge in [-0.3, -0.25) is 4.79 Å². The summed E-state index contributed by atoms with van der Waals surface area (Å²) in [5.41, 5.74) is 2.00. The van der Waals surface area contributed by atoms with Crippen LogP contribution >= 0.6 is 0 Å². The lowest BCUT2D eigenvalue weighted by atomic mass is 10.0. The minimum absolute atomic E-state index is 0.0272. The zero-order valence-corrected chi connectivity index (χ0v) is 12.0. The number of carbonyl (C=O) groups excluding carboxylic acids is 1. The SMILES string of the molecule is CC(C)c1ccc(NC(=O)Cn2cccc2C(=O)O)cc1. The van der Waals surface area contributed by atoms with E-state index in [1.165, 1.54) is 16.2 Å². The summed E-state index contributed by atoms with van der Waals surface area (Å²) in [5.74, 6) is -0.868. The Balaban J connectivity index is 2.01. The minimum atomic E-state index is -1.05. The molecule has 0 spiro atoms. The first kappa shape index (κ1) is 14.8. The van der Waals surface area contributed by atoms with Gasteiger partial charge in [-0.25, -0.2) is 4.79 Å². The van der Waals surface area contributed by atoms with Gasteiger partial charge in [-0.2, -0.15) is 0 Å². The number of aromatic nitrogens is 1. The fourth-order valence-corrected chi connectivity index (χ4v) is 2.05. The first-order valence-corrected chi connectivity index (χ1v) is 6.75. The molecular formula is C16H18N2O3. The van der Waals surface area contributed by atoms with Crippen LogP contribution in [0.15, 0.2) is 42.6 Å². The van der Waals surface area contributed by atoms with Gasteiger partial charge in [-0.15, -0.1) is 0 Å². The Hall–Kier alpha value is -2.56. The molecule has 0 aliphatic rings. The van der Waals surface area contributed by atoms with Crippen molar-refractivity contribution >= 4 is 17.6 Å². The van der Waals surface area contributed by atoms with Crippen molar-refractivity contribution < 1.29 is 14.7 Å². The van der Waals surface area contributed by atoms with Crippen molar-refractivity contribution in [3.05, 3.63) is 53.9 Å². The summed E-state index contributed by atoms with van der Waals surface area (Å²) in [7, 11) is 0. The van der Waals surface area contributed by atoms with Gasteiger partial charge in [0, 0.05) is 11.9 Å². The molecule has 0 unspecified atom stereocenters. The lowest BCUT2D eigenvalue weighted by Crippen LogP contribution is -2.20. The normalized spacial score (nSPS) is 10.6. The van der Waals surface area contributed by atoms with E-state index in [0.29, 0.717) is 11.6 Å². The largest absolute Gasteiger partial charge is 0.477 e. The van der Waals surface area contributed by atoms with E-state index in [2.05, 4.69) is 19.2 Å². The van der Waals surface area contributed by atoms with Gasteiger partial charge in [0.25, 0.3) is 0 Å². The highest BCUT2D eigenvalue weighted by Gasteiger charge is 2.11. The van der Waals surface area contributed by atoms with E-state index in [0.717, 1.165) is 0 Å². The van der Waals surface area contributed by atoms with E-state index in [-0.39, 0.29) is 18.1 Å². The van der Waals surface area contributed by atoms with E-state index in [1.807, 2.05) is 24.3 Å². The van der Waals surface area contributed by atoms with Crippen LogP contribution in [0.1, 0.15) is 35.8 Å². The van der Waals surface area contributed by atoms with Gasteiger partial charge in [0.05, 0.1) is 0 Å². The van der Waals surface area contributed by atoms with Crippen LogP contribution in [0.3, 0.4) is 0 Å². The fraction of sp³-hybridized carbons (Fsp3) is 0.250. The molecule has 5 nitrogen and oxygen atoms in total. The third-order valence-corrected chi connectivity index (χ3v) is 3.22. The molecule has 2 rings (SSSR count). The van der Waals surface area contributed by atoms with Crippen molar-refractivity contribution in [2.24, 2.45) is 0 Å². The molecule has 21 heavy (non-hydrogen) atoms. The van der Waals surface area contributed by atoms with Crippen LogP contribution in [0.25, 0.3) is 0 Å². The predicted octanol–water partition coefficient (Wildman–Crippen LogP) is 2.95. The summed E-state index contributed by atoms with van der Waals surface area (Å²) in [6.07, 6.45) is 1.57. The standard InChI is InChI=1S/C16H18N2O3/c1-11(2)12-5-7-13(8-6-12)17-15(19)10-18-9-3-4-14(18)16(20)21/h3-9,11H,10H2,1-2H3,(H,17,19)(H,20,21). The maximum Gasteiger partial charge on any atom is 0.352 e. The fourth-order valence-electron chi connectivity index (χ4n) is 2.05. The molecule has 0 radical (unpaired) electrons. The van der Waals surface area contributed by atoms with Crippen molar-refractivity contribution in [2.45, 2.75) is 26.3 Å². The molecule has 0 aliphatic heterocycles. The monoisotopic (exact) mass is 286 g/mol.